The molecule has 6 nitrogen and oxygen atoms in total. The zero-order valence-corrected chi connectivity index (χ0v) is 14.3. The van der Waals surface area contributed by atoms with Gasteiger partial charge in [-0.1, -0.05) is 0 Å². The van der Waals surface area contributed by atoms with Gasteiger partial charge in [0.05, 0.1) is 6.61 Å². The van der Waals surface area contributed by atoms with Crippen molar-refractivity contribution in [1.82, 2.24) is 9.88 Å². The number of aliphatic carboxylic acids is 1. The molecule has 1 aromatic carbocycles. The third-order valence-electron chi connectivity index (χ3n) is 4.88. The number of aryl methyl sites for hydroxylation is 1. The monoisotopic (exact) mass is 348 g/mol. The van der Waals surface area contributed by atoms with E-state index in [1.807, 2.05) is 0 Å². The summed E-state index contributed by atoms with van der Waals surface area (Å²) in [5.74, 6) is -1.60. The Hall–Kier alpha value is -2.41. The molecule has 2 heterocycles. The van der Waals surface area contributed by atoms with E-state index < -0.39 is 11.4 Å². The largest absolute Gasteiger partial charge is 0.481 e. The van der Waals surface area contributed by atoms with Gasteiger partial charge < -0.3 is 19.7 Å². The van der Waals surface area contributed by atoms with E-state index in [2.05, 4.69) is 4.98 Å². The van der Waals surface area contributed by atoms with Gasteiger partial charge in [-0.25, -0.2) is 4.39 Å². The second-order valence-electron chi connectivity index (χ2n) is 6.72. The van der Waals surface area contributed by atoms with Gasteiger partial charge in [0, 0.05) is 31.1 Å². The molecule has 7 heteroatoms. The molecule has 0 radical (unpaired) electrons. The number of ether oxygens (including phenoxy) is 1. The molecule has 1 aliphatic rings. The van der Waals surface area contributed by atoms with E-state index in [1.165, 1.54) is 24.1 Å². The first-order chi connectivity index (χ1) is 11.9. The number of fused-ring (bicyclic) bond motifs is 1. The molecule has 25 heavy (non-hydrogen) atoms. The molecule has 2 aromatic rings. The van der Waals surface area contributed by atoms with Crippen LogP contribution in [0.3, 0.4) is 0 Å². The summed E-state index contributed by atoms with van der Waals surface area (Å²) in [6.07, 6.45) is 1.06. The summed E-state index contributed by atoms with van der Waals surface area (Å²) in [4.78, 5) is 29.1. The number of rotatable bonds is 4. The molecule has 2 N–H and O–H groups in total. The SMILES string of the molecule is COCC1(C(=O)O)CCCN(C(=O)c2cc3c(C)cc(F)cc3[nH]2)C1. The molecule has 0 aliphatic carbocycles. The molecular formula is C18H21FN2O4. The summed E-state index contributed by atoms with van der Waals surface area (Å²) >= 11 is 0. The smallest absolute Gasteiger partial charge is 0.313 e. The number of carboxylic acid groups (broad SMARTS) is 1. The van der Waals surface area contributed by atoms with Gasteiger partial charge in [-0.05, 0) is 43.5 Å². The molecule has 0 spiro atoms. The number of aromatic nitrogens is 1. The van der Waals surface area contributed by atoms with Gasteiger partial charge in [-0.15, -0.1) is 0 Å². The molecule has 1 atom stereocenters. The first kappa shape index (κ1) is 17.4. The van der Waals surface area contributed by atoms with Crippen LogP contribution < -0.4 is 0 Å². The summed E-state index contributed by atoms with van der Waals surface area (Å²) < 4.78 is 18.6. The first-order valence-corrected chi connectivity index (χ1v) is 8.17. The van der Waals surface area contributed by atoms with Crippen molar-refractivity contribution < 1.29 is 23.8 Å². The molecular weight excluding hydrogens is 327 g/mol. The van der Waals surface area contributed by atoms with Gasteiger partial charge in [-0.2, -0.15) is 0 Å². The van der Waals surface area contributed by atoms with Crippen molar-refractivity contribution in [2.75, 3.05) is 26.8 Å². The summed E-state index contributed by atoms with van der Waals surface area (Å²) in [5, 5.41) is 10.4. The number of halogens is 1. The van der Waals surface area contributed by atoms with Gasteiger partial charge in [0.2, 0.25) is 0 Å². The second-order valence-corrected chi connectivity index (χ2v) is 6.72. The van der Waals surface area contributed by atoms with E-state index in [-0.39, 0.29) is 24.9 Å². The van der Waals surface area contributed by atoms with Crippen LogP contribution in [0, 0.1) is 18.2 Å². The number of nitrogens with one attached hydrogen (secondary N) is 1. The van der Waals surface area contributed by atoms with Crippen molar-refractivity contribution in [1.29, 1.82) is 0 Å². The Labute approximate surface area is 144 Å². The minimum Gasteiger partial charge on any atom is -0.481 e. The van der Waals surface area contributed by atoms with Crippen molar-refractivity contribution in [2.45, 2.75) is 19.8 Å². The molecule has 1 unspecified atom stereocenters. The van der Waals surface area contributed by atoms with Crippen LogP contribution in [0.4, 0.5) is 4.39 Å². The fourth-order valence-corrected chi connectivity index (χ4v) is 3.60. The van der Waals surface area contributed by atoms with E-state index >= 15 is 0 Å². The van der Waals surface area contributed by atoms with Crippen LogP contribution in [-0.4, -0.2) is 53.7 Å². The average Bonchev–Trinajstić information content (AvgIpc) is 2.98. The number of carbonyl (C=O) groups is 2. The number of hydrogen-bond acceptors (Lipinski definition) is 3. The predicted molar refractivity (Wildman–Crippen MR) is 90.1 cm³/mol. The molecule has 1 amide bonds. The van der Waals surface area contributed by atoms with E-state index in [0.29, 0.717) is 30.6 Å². The third kappa shape index (κ3) is 3.11. The number of methoxy groups -OCH3 is 1. The standard InChI is InChI=1S/C18H21FN2O4/c1-11-6-12(19)7-14-13(11)8-15(20-14)16(22)21-5-3-4-18(9-21,10-25-2)17(23)24/h6-8,20H,3-5,9-10H2,1-2H3,(H,23,24). The molecule has 1 aromatic heterocycles. The quantitative estimate of drug-likeness (QED) is 0.890. The Morgan fingerprint density at radius 3 is 2.84 bits per heavy atom. The highest BCUT2D eigenvalue weighted by molar-refractivity contribution is 5.99. The highest BCUT2D eigenvalue weighted by Crippen LogP contribution is 2.32. The van der Waals surface area contributed by atoms with Crippen LogP contribution in [-0.2, 0) is 9.53 Å². The first-order valence-electron chi connectivity index (χ1n) is 8.17. The van der Waals surface area contributed by atoms with Crippen LogP contribution in [0.1, 0.15) is 28.9 Å². The Kier molecular flexibility index (Phi) is 4.51. The highest BCUT2D eigenvalue weighted by Gasteiger charge is 2.44. The number of likely N-dealkylation sites (tertiary alicyclic amines) is 1. The number of piperidine rings is 1. The van der Waals surface area contributed by atoms with Gasteiger partial charge in [0.15, 0.2) is 0 Å². The number of hydrogen-bond donors (Lipinski definition) is 2. The fourth-order valence-electron chi connectivity index (χ4n) is 3.60. The van der Waals surface area contributed by atoms with Crippen LogP contribution >= 0.6 is 0 Å². The van der Waals surface area contributed by atoms with Gasteiger partial charge in [-0.3, -0.25) is 9.59 Å². The van der Waals surface area contributed by atoms with E-state index in [0.717, 1.165) is 10.9 Å². The lowest BCUT2D eigenvalue weighted by Crippen LogP contribution is -2.52. The van der Waals surface area contributed by atoms with Crippen molar-refractivity contribution in [3.05, 3.63) is 35.3 Å². The van der Waals surface area contributed by atoms with E-state index in [4.69, 9.17) is 4.74 Å². The molecule has 0 bridgehead atoms. The number of carbonyl (C=O) groups excluding carboxylic acids is 1. The Morgan fingerprint density at radius 1 is 1.40 bits per heavy atom. The lowest BCUT2D eigenvalue weighted by atomic mass is 9.80. The van der Waals surface area contributed by atoms with E-state index in [1.54, 1.807) is 13.0 Å². The summed E-state index contributed by atoms with van der Waals surface area (Å²) in [7, 11) is 1.46. The predicted octanol–water partition coefficient (Wildman–Crippen LogP) is 2.57. The third-order valence-corrected chi connectivity index (χ3v) is 4.88. The molecule has 134 valence electrons. The average molecular weight is 348 g/mol. The lowest BCUT2D eigenvalue weighted by molar-refractivity contribution is -0.155. The summed E-state index contributed by atoms with van der Waals surface area (Å²) in [6, 6.07) is 4.46. The number of nitrogens with zero attached hydrogens (tertiary/aromatic N) is 1. The maximum atomic E-state index is 13.5. The number of aromatic amines is 1. The molecule has 0 saturated carbocycles. The van der Waals surface area contributed by atoms with Crippen LogP contribution in [0.15, 0.2) is 18.2 Å². The number of carboxylic acids is 1. The van der Waals surface area contributed by atoms with E-state index in [9.17, 15) is 19.1 Å². The molecule has 1 fully saturated rings. The maximum absolute atomic E-state index is 13.5. The zero-order valence-electron chi connectivity index (χ0n) is 14.3. The minimum atomic E-state index is -1.09. The number of benzene rings is 1. The van der Waals surface area contributed by atoms with Crippen LogP contribution in [0.2, 0.25) is 0 Å². The second kappa shape index (κ2) is 6.48. The van der Waals surface area contributed by atoms with Crippen molar-refractivity contribution in [3.63, 3.8) is 0 Å². The fraction of sp³-hybridized carbons (Fsp3) is 0.444. The normalized spacial score (nSPS) is 20.8. The van der Waals surface area contributed by atoms with Crippen molar-refractivity contribution in [3.8, 4) is 0 Å². The number of amides is 1. The van der Waals surface area contributed by atoms with Crippen molar-refractivity contribution >= 4 is 22.8 Å². The van der Waals surface area contributed by atoms with Crippen LogP contribution in [0.25, 0.3) is 10.9 Å². The van der Waals surface area contributed by atoms with Crippen LogP contribution in [0.5, 0.6) is 0 Å². The maximum Gasteiger partial charge on any atom is 0.313 e. The highest BCUT2D eigenvalue weighted by atomic mass is 19.1. The Morgan fingerprint density at radius 2 is 2.16 bits per heavy atom. The summed E-state index contributed by atoms with van der Waals surface area (Å²) in [6.45, 7) is 2.42. The number of H-pyrrole nitrogens is 1. The summed E-state index contributed by atoms with van der Waals surface area (Å²) in [5.41, 5.74) is 0.543. The van der Waals surface area contributed by atoms with Crippen molar-refractivity contribution in [2.24, 2.45) is 5.41 Å². The Balaban J connectivity index is 1.90. The molecule has 3 rings (SSSR count). The molecule has 1 aliphatic heterocycles. The topological polar surface area (TPSA) is 82.6 Å². The van der Waals surface area contributed by atoms with Gasteiger partial charge in [0.25, 0.3) is 5.91 Å². The van der Waals surface area contributed by atoms with Gasteiger partial charge in [0.1, 0.15) is 16.9 Å². The molecule has 1 saturated heterocycles. The minimum absolute atomic E-state index is 0.0587. The lowest BCUT2D eigenvalue weighted by Gasteiger charge is -2.39. The van der Waals surface area contributed by atoms with Gasteiger partial charge >= 0.3 is 5.97 Å². The Bertz CT molecular complexity index is 828. The zero-order chi connectivity index (χ0) is 18.2.